The summed E-state index contributed by atoms with van der Waals surface area (Å²) in [4.78, 5) is 22.4. The van der Waals surface area contributed by atoms with Gasteiger partial charge in [0.1, 0.15) is 12.2 Å². The Kier molecular flexibility index (Phi) is 5.44. The van der Waals surface area contributed by atoms with Crippen molar-refractivity contribution in [1.82, 2.24) is 15.3 Å². The number of carbonyl (C=O) groups is 1. The van der Waals surface area contributed by atoms with Crippen LogP contribution in [0.3, 0.4) is 0 Å². The van der Waals surface area contributed by atoms with E-state index in [1.165, 1.54) is 0 Å². The van der Waals surface area contributed by atoms with Crippen molar-refractivity contribution in [2.45, 2.75) is 30.7 Å². The van der Waals surface area contributed by atoms with Gasteiger partial charge in [-0.1, -0.05) is 36.4 Å². The normalized spacial score (nSPS) is 25.1. The lowest BCUT2D eigenvalue weighted by atomic mass is 10.1. The molecule has 5 rings (SSSR count). The number of benzene rings is 1. The van der Waals surface area contributed by atoms with Gasteiger partial charge in [0.25, 0.3) is 0 Å². The fourth-order valence-electron chi connectivity index (χ4n) is 3.94. The molecule has 0 radical (unpaired) electrons. The second-order valence-corrected chi connectivity index (χ2v) is 8.44. The third kappa shape index (κ3) is 4.07. The van der Waals surface area contributed by atoms with Gasteiger partial charge in [-0.3, -0.25) is 4.79 Å². The Balaban J connectivity index is 1.21. The summed E-state index contributed by atoms with van der Waals surface area (Å²) in [6.07, 6.45) is 1.80. The second kappa shape index (κ2) is 8.51. The molecule has 1 amide bonds. The number of nitrogens with one attached hydrogen (secondary N) is 2. The average molecular weight is 423 g/mol. The van der Waals surface area contributed by atoms with Crippen molar-refractivity contribution >= 4 is 23.2 Å². The van der Waals surface area contributed by atoms with Crippen molar-refractivity contribution in [3.05, 3.63) is 65.0 Å². The number of aromatic nitrogens is 2. The van der Waals surface area contributed by atoms with Crippen molar-refractivity contribution in [1.29, 1.82) is 0 Å². The number of thiophene rings is 1. The first-order valence-corrected chi connectivity index (χ1v) is 10.8. The van der Waals surface area contributed by atoms with Crippen LogP contribution in [0.2, 0.25) is 0 Å². The highest BCUT2D eigenvalue weighted by atomic mass is 32.1. The third-order valence-electron chi connectivity index (χ3n) is 5.35. The summed E-state index contributed by atoms with van der Waals surface area (Å²) in [6, 6.07) is 15.6. The summed E-state index contributed by atoms with van der Waals surface area (Å²) in [5, 5.41) is 8.39. The maximum Gasteiger partial charge on any atom is 0.225 e. The highest BCUT2D eigenvalue weighted by molar-refractivity contribution is 7.10. The summed E-state index contributed by atoms with van der Waals surface area (Å²) < 4.78 is 11.9. The molecule has 0 aliphatic carbocycles. The highest BCUT2D eigenvalue weighted by Crippen LogP contribution is 2.29. The average Bonchev–Trinajstić information content (AvgIpc) is 3.50. The smallest absolute Gasteiger partial charge is 0.225 e. The molecule has 154 valence electrons. The van der Waals surface area contributed by atoms with E-state index >= 15 is 0 Å². The molecule has 8 heteroatoms. The molecule has 3 aromatic rings. The van der Waals surface area contributed by atoms with E-state index in [0.717, 1.165) is 16.1 Å². The molecular formula is C22H22N4O3S. The van der Waals surface area contributed by atoms with E-state index in [0.29, 0.717) is 25.6 Å². The molecule has 2 fully saturated rings. The summed E-state index contributed by atoms with van der Waals surface area (Å²) in [5.41, 5.74) is 1.89. The van der Waals surface area contributed by atoms with E-state index in [1.54, 1.807) is 17.5 Å². The zero-order valence-electron chi connectivity index (χ0n) is 16.2. The van der Waals surface area contributed by atoms with Gasteiger partial charge in [-0.25, -0.2) is 9.97 Å². The van der Waals surface area contributed by atoms with E-state index in [1.807, 2.05) is 53.9 Å². The molecule has 0 spiro atoms. The number of ether oxygens (including phenoxy) is 2. The van der Waals surface area contributed by atoms with Crippen molar-refractivity contribution in [3.8, 4) is 11.3 Å². The van der Waals surface area contributed by atoms with E-state index in [-0.39, 0.29) is 30.2 Å². The molecule has 4 heterocycles. The topological polar surface area (TPSA) is 85.4 Å². The minimum Gasteiger partial charge on any atom is -0.371 e. The van der Waals surface area contributed by atoms with Crippen LogP contribution in [0, 0.1) is 0 Å². The maximum atomic E-state index is 12.3. The highest BCUT2D eigenvalue weighted by Gasteiger charge is 2.48. The number of hydrogen-bond donors (Lipinski definition) is 2. The molecular weight excluding hydrogens is 400 g/mol. The molecule has 4 atom stereocenters. The van der Waals surface area contributed by atoms with Crippen molar-refractivity contribution in [2.24, 2.45) is 0 Å². The zero-order valence-corrected chi connectivity index (χ0v) is 17.0. The molecule has 2 saturated heterocycles. The van der Waals surface area contributed by atoms with E-state index in [2.05, 4.69) is 20.6 Å². The van der Waals surface area contributed by atoms with Gasteiger partial charge in [0.15, 0.2) is 0 Å². The van der Waals surface area contributed by atoms with Gasteiger partial charge >= 0.3 is 0 Å². The van der Waals surface area contributed by atoms with Gasteiger partial charge in [-0.2, -0.15) is 0 Å². The number of rotatable bonds is 6. The van der Waals surface area contributed by atoms with Crippen LogP contribution >= 0.6 is 11.3 Å². The monoisotopic (exact) mass is 422 g/mol. The van der Waals surface area contributed by atoms with Gasteiger partial charge in [0, 0.05) is 16.6 Å². The van der Waals surface area contributed by atoms with E-state index in [9.17, 15) is 4.79 Å². The van der Waals surface area contributed by atoms with Crippen LogP contribution in [0.25, 0.3) is 11.3 Å². The summed E-state index contributed by atoms with van der Waals surface area (Å²) in [6.45, 7) is 0.917. The molecule has 7 nitrogen and oxygen atoms in total. The number of hydrogen-bond acceptors (Lipinski definition) is 7. The predicted molar refractivity (Wildman–Crippen MR) is 114 cm³/mol. The number of nitrogens with zero attached hydrogens (tertiary/aromatic N) is 2. The van der Waals surface area contributed by atoms with Gasteiger partial charge in [0.2, 0.25) is 11.9 Å². The minimum absolute atomic E-state index is 0.00870. The van der Waals surface area contributed by atoms with Crippen LogP contribution in [-0.2, 0) is 20.7 Å². The summed E-state index contributed by atoms with van der Waals surface area (Å²) in [7, 11) is 0. The third-order valence-corrected chi connectivity index (χ3v) is 6.23. The Morgan fingerprint density at radius 3 is 2.63 bits per heavy atom. The molecule has 0 bridgehead atoms. The van der Waals surface area contributed by atoms with Gasteiger partial charge < -0.3 is 20.1 Å². The van der Waals surface area contributed by atoms with Crippen LogP contribution in [0.4, 0.5) is 5.95 Å². The lowest BCUT2D eigenvalue weighted by molar-refractivity contribution is -0.121. The number of fused-ring (bicyclic) bond motifs is 1. The molecule has 0 saturated carbocycles. The van der Waals surface area contributed by atoms with Crippen LogP contribution in [-0.4, -0.2) is 53.4 Å². The first-order valence-electron chi connectivity index (χ1n) is 9.96. The number of anilines is 1. The number of carbonyl (C=O) groups excluding carboxylic acids is 1. The zero-order chi connectivity index (χ0) is 20.3. The first kappa shape index (κ1) is 19.2. The Bertz CT molecular complexity index is 999. The quantitative estimate of drug-likeness (QED) is 0.635. The lowest BCUT2D eigenvalue weighted by Crippen LogP contribution is -2.45. The Morgan fingerprint density at radius 1 is 1.03 bits per heavy atom. The van der Waals surface area contributed by atoms with Gasteiger partial charge in [-0.05, 0) is 17.5 Å². The maximum absolute atomic E-state index is 12.3. The summed E-state index contributed by atoms with van der Waals surface area (Å²) in [5.74, 6) is 0.532. The van der Waals surface area contributed by atoms with E-state index < -0.39 is 0 Å². The lowest BCUT2D eigenvalue weighted by Gasteiger charge is -2.18. The summed E-state index contributed by atoms with van der Waals surface area (Å²) >= 11 is 1.58. The Hall–Kier alpha value is -2.81. The van der Waals surface area contributed by atoms with Crippen LogP contribution in [0.1, 0.15) is 4.88 Å². The van der Waals surface area contributed by atoms with E-state index in [4.69, 9.17) is 9.47 Å². The molecule has 0 unspecified atom stereocenters. The largest absolute Gasteiger partial charge is 0.371 e. The predicted octanol–water partition coefficient (Wildman–Crippen LogP) is 2.51. The molecule has 2 aliphatic rings. The van der Waals surface area contributed by atoms with Crippen LogP contribution < -0.4 is 10.6 Å². The van der Waals surface area contributed by atoms with Crippen molar-refractivity contribution < 1.29 is 14.3 Å². The minimum atomic E-state index is -0.174. The molecule has 2 aromatic heterocycles. The molecule has 2 aliphatic heterocycles. The molecule has 30 heavy (non-hydrogen) atoms. The fourth-order valence-corrected chi connectivity index (χ4v) is 4.64. The van der Waals surface area contributed by atoms with Gasteiger partial charge in [0.05, 0.1) is 37.4 Å². The number of amides is 1. The van der Waals surface area contributed by atoms with Gasteiger partial charge in [-0.15, -0.1) is 11.3 Å². The van der Waals surface area contributed by atoms with Crippen LogP contribution in [0.15, 0.2) is 60.1 Å². The standard InChI is InChI=1S/C22H22N4O3S/c27-19(11-15-7-4-10-30-15)24-17-12-28-21-18(13-29-20(17)21)26-22-23-9-8-16(25-22)14-5-2-1-3-6-14/h1-10,17-18,20-21H,11-13H2,(H,24,27)(H,23,25,26)/t17-,18+,20-,21+/m0/s1. The van der Waals surface area contributed by atoms with Crippen molar-refractivity contribution in [3.63, 3.8) is 0 Å². The van der Waals surface area contributed by atoms with Crippen molar-refractivity contribution in [2.75, 3.05) is 18.5 Å². The van der Waals surface area contributed by atoms with Crippen LogP contribution in [0.5, 0.6) is 0 Å². The second-order valence-electron chi connectivity index (χ2n) is 7.41. The Morgan fingerprint density at radius 2 is 1.83 bits per heavy atom. The first-order chi connectivity index (χ1) is 14.8. The molecule has 1 aromatic carbocycles. The molecule has 2 N–H and O–H groups in total. The SMILES string of the molecule is O=C(Cc1cccs1)N[C@H]1CO[C@H]2[C@H]1OC[C@H]2Nc1nccc(-c2ccccc2)n1. The fraction of sp³-hybridized carbons (Fsp3) is 0.318. The Labute approximate surface area is 178 Å².